The number of hydrogen-bond acceptors (Lipinski definition) is 2. The highest BCUT2D eigenvalue weighted by Crippen LogP contribution is 2.16. The van der Waals surface area contributed by atoms with Gasteiger partial charge in [-0.1, -0.05) is 48.9 Å². The lowest BCUT2D eigenvalue weighted by Gasteiger charge is -2.17. The minimum absolute atomic E-state index is 0.416. The molecule has 0 aliphatic heterocycles. The first kappa shape index (κ1) is 14.9. The van der Waals surface area contributed by atoms with Crippen LogP contribution in [0.1, 0.15) is 37.4 Å². The standard InChI is InChI=1S/C16H25NO/c1-5-16(15-8-6-14(4)7-9-15)17-10-11-18-12-13(2)3/h6-9,16-17H,2,5,10-12H2,1,3-4H3. The Morgan fingerprint density at radius 3 is 2.56 bits per heavy atom. The Bertz CT molecular complexity index is 356. The Kier molecular flexibility index (Phi) is 6.69. The van der Waals surface area contributed by atoms with Crippen LogP contribution in [0.3, 0.4) is 0 Å². The summed E-state index contributed by atoms with van der Waals surface area (Å²) in [7, 11) is 0. The number of ether oxygens (including phenoxy) is 1. The fourth-order valence-corrected chi connectivity index (χ4v) is 1.85. The summed E-state index contributed by atoms with van der Waals surface area (Å²) in [5, 5.41) is 3.52. The van der Waals surface area contributed by atoms with E-state index in [-0.39, 0.29) is 0 Å². The van der Waals surface area contributed by atoms with Gasteiger partial charge in [0, 0.05) is 12.6 Å². The summed E-state index contributed by atoms with van der Waals surface area (Å²) in [6.07, 6.45) is 1.09. The van der Waals surface area contributed by atoms with Crippen LogP contribution in [0.15, 0.2) is 36.4 Å². The average molecular weight is 247 g/mol. The normalized spacial score (nSPS) is 12.4. The predicted octanol–water partition coefficient (Wildman–Crippen LogP) is 3.63. The third kappa shape index (κ3) is 5.48. The smallest absolute Gasteiger partial charge is 0.0672 e. The SMILES string of the molecule is C=C(C)COCCNC(CC)c1ccc(C)cc1. The van der Waals surface area contributed by atoms with Crippen molar-refractivity contribution in [2.75, 3.05) is 19.8 Å². The second-order valence-electron chi connectivity index (χ2n) is 4.84. The second-order valence-corrected chi connectivity index (χ2v) is 4.84. The average Bonchev–Trinajstić information content (AvgIpc) is 2.35. The van der Waals surface area contributed by atoms with E-state index in [9.17, 15) is 0 Å². The highest BCUT2D eigenvalue weighted by Gasteiger charge is 2.07. The van der Waals surface area contributed by atoms with Gasteiger partial charge < -0.3 is 10.1 Å². The summed E-state index contributed by atoms with van der Waals surface area (Å²) < 4.78 is 5.48. The number of aryl methyl sites for hydroxylation is 1. The molecule has 0 fully saturated rings. The molecule has 0 heterocycles. The number of nitrogens with one attached hydrogen (secondary N) is 1. The summed E-state index contributed by atoms with van der Waals surface area (Å²) >= 11 is 0. The zero-order chi connectivity index (χ0) is 13.4. The molecule has 0 aromatic heterocycles. The molecular formula is C16H25NO. The molecule has 0 radical (unpaired) electrons. The maximum atomic E-state index is 5.48. The Morgan fingerprint density at radius 1 is 1.33 bits per heavy atom. The van der Waals surface area contributed by atoms with Crippen molar-refractivity contribution in [1.29, 1.82) is 0 Å². The topological polar surface area (TPSA) is 21.3 Å². The van der Waals surface area contributed by atoms with Gasteiger partial charge in [-0.15, -0.1) is 0 Å². The molecule has 0 aliphatic carbocycles. The highest BCUT2D eigenvalue weighted by atomic mass is 16.5. The minimum Gasteiger partial charge on any atom is -0.376 e. The van der Waals surface area contributed by atoms with Crippen molar-refractivity contribution in [3.63, 3.8) is 0 Å². The van der Waals surface area contributed by atoms with Crippen molar-refractivity contribution in [3.05, 3.63) is 47.5 Å². The molecule has 1 aromatic carbocycles. The van der Waals surface area contributed by atoms with Gasteiger partial charge >= 0.3 is 0 Å². The maximum Gasteiger partial charge on any atom is 0.0672 e. The largest absolute Gasteiger partial charge is 0.376 e. The molecule has 0 aliphatic rings. The molecule has 1 atom stereocenters. The van der Waals surface area contributed by atoms with Gasteiger partial charge in [-0.05, 0) is 25.8 Å². The molecule has 2 heteroatoms. The van der Waals surface area contributed by atoms with E-state index in [1.165, 1.54) is 11.1 Å². The predicted molar refractivity (Wildman–Crippen MR) is 77.8 cm³/mol. The molecule has 0 bridgehead atoms. The van der Waals surface area contributed by atoms with Gasteiger partial charge in [0.25, 0.3) is 0 Å². The number of benzene rings is 1. The summed E-state index contributed by atoms with van der Waals surface area (Å²) in [5.74, 6) is 0. The quantitative estimate of drug-likeness (QED) is 0.559. The molecule has 100 valence electrons. The van der Waals surface area contributed by atoms with Crippen LogP contribution in [0.25, 0.3) is 0 Å². The lowest BCUT2D eigenvalue weighted by molar-refractivity contribution is 0.155. The van der Waals surface area contributed by atoms with Crippen LogP contribution in [-0.2, 0) is 4.74 Å². The van der Waals surface area contributed by atoms with Crippen molar-refractivity contribution in [2.24, 2.45) is 0 Å². The molecular weight excluding hydrogens is 222 g/mol. The Balaban J connectivity index is 2.33. The lowest BCUT2D eigenvalue weighted by Crippen LogP contribution is -2.25. The monoisotopic (exact) mass is 247 g/mol. The number of rotatable bonds is 8. The van der Waals surface area contributed by atoms with Crippen molar-refractivity contribution in [3.8, 4) is 0 Å². The molecule has 1 N–H and O–H groups in total. The fourth-order valence-electron chi connectivity index (χ4n) is 1.85. The first-order chi connectivity index (χ1) is 8.63. The van der Waals surface area contributed by atoms with Crippen LogP contribution in [0.4, 0.5) is 0 Å². The number of hydrogen-bond donors (Lipinski definition) is 1. The van der Waals surface area contributed by atoms with Gasteiger partial charge in [-0.25, -0.2) is 0 Å². The van der Waals surface area contributed by atoms with E-state index in [1.54, 1.807) is 0 Å². The van der Waals surface area contributed by atoms with Gasteiger partial charge in [0.15, 0.2) is 0 Å². The highest BCUT2D eigenvalue weighted by molar-refractivity contribution is 5.23. The van der Waals surface area contributed by atoms with Gasteiger partial charge in [0.1, 0.15) is 0 Å². The molecule has 0 saturated heterocycles. The first-order valence-electron chi connectivity index (χ1n) is 6.65. The third-order valence-electron chi connectivity index (χ3n) is 2.87. The van der Waals surface area contributed by atoms with Crippen LogP contribution < -0.4 is 5.32 Å². The van der Waals surface area contributed by atoms with Gasteiger partial charge in [0.05, 0.1) is 13.2 Å². The summed E-state index contributed by atoms with van der Waals surface area (Å²) in [6, 6.07) is 9.14. The van der Waals surface area contributed by atoms with E-state index in [4.69, 9.17) is 4.74 Å². The summed E-state index contributed by atoms with van der Waals surface area (Å²) in [5.41, 5.74) is 3.72. The van der Waals surface area contributed by atoms with E-state index < -0.39 is 0 Å². The molecule has 1 aromatic rings. The maximum absolute atomic E-state index is 5.48. The Morgan fingerprint density at radius 2 is 2.00 bits per heavy atom. The van der Waals surface area contributed by atoms with Crippen LogP contribution in [0.5, 0.6) is 0 Å². The molecule has 1 unspecified atom stereocenters. The van der Waals surface area contributed by atoms with Crippen LogP contribution >= 0.6 is 0 Å². The Hall–Kier alpha value is -1.12. The van der Waals surface area contributed by atoms with E-state index in [0.717, 1.165) is 25.1 Å². The van der Waals surface area contributed by atoms with Gasteiger partial charge in [-0.3, -0.25) is 0 Å². The van der Waals surface area contributed by atoms with Gasteiger partial charge in [0.2, 0.25) is 0 Å². The first-order valence-corrected chi connectivity index (χ1v) is 6.65. The van der Waals surface area contributed by atoms with Crippen molar-refractivity contribution < 1.29 is 4.74 Å². The zero-order valence-electron chi connectivity index (χ0n) is 11.8. The van der Waals surface area contributed by atoms with Crippen molar-refractivity contribution in [1.82, 2.24) is 5.32 Å². The van der Waals surface area contributed by atoms with Crippen molar-refractivity contribution in [2.45, 2.75) is 33.2 Å². The van der Waals surface area contributed by atoms with Crippen LogP contribution in [-0.4, -0.2) is 19.8 Å². The van der Waals surface area contributed by atoms with E-state index in [2.05, 4.69) is 50.0 Å². The molecule has 2 nitrogen and oxygen atoms in total. The van der Waals surface area contributed by atoms with Crippen LogP contribution in [0.2, 0.25) is 0 Å². The molecule has 18 heavy (non-hydrogen) atoms. The molecule has 0 saturated carbocycles. The zero-order valence-corrected chi connectivity index (χ0v) is 11.8. The molecule has 0 spiro atoms. The van der Waals surface area contributed by atoms with Crippen LogP contribution in [0, 0.1) is 6.92 Å². The van der Waals surface area contributed by atoms with E-state index in [0.29, 0.717) is 12.6 Å². The van der Waals surface area contributed by atoms with Crippen molar-refractivity contribution >= 4 is 0 Å². The Labute approximate surface area is 111 Å². The van der Waals surface area contributed by atoms with Gasteiger partial charge in [-0.2, -0.15) is 0 Å². The molecule has 1 rings (SSSR count). The summed E-state index contributed by atoms with van der Waals surface area (Å²) in [4.78, 5) is 0. The fraction of sp³-hybridized carbons (Fsp3) is 0.500. The third-order valence-corrected chi connectivity index (χ3v) is 2.87. The van der Waals surface area contributed by atoms with E-state index in [1.807, 2.05) is 6.92 Å². The summed E-state index contributed by atoms with van der Waals surface area (Å²) in [6.45, 7) is 12.4. The molecule has 0 amide bonds. The second kappa shape index (κ2) is 8.06. The lowest BCUT2D eigenvalue weighted by atomic mass is 10.0. The minimum atomic E-state index is 0.416. The van der Waals surface area contributed by atoms with E-state index >= 15 is 0 Å².